The van der Waals surface area contributed by atoms with Gasteiger partial charge in [-0.1, -0.05) is 48.0 Å². The van der Waals surface area contributed by atoms with E-state index in [1.165, 1.54) is 14.2 Å². The molecule has 0 aliphatic rings. The fraction of sp³-hybridized carbons (Fsp3) is 0.263. The third-order valence-electron chi connectivity index (χ3n) is 3.79. The van der Waals surface area contributed by atoms with Gasteiger partial charge in [-0.15, -0.1) is 0 Å². The van der Waals surface area contributed by atoms with Gasteiger partial charge in [-0.3, -0.25) is 4.79 Å². The Labute approximate surface area is 136 Å². The number of benzene rings is 2. The topological polar surface area (TPSA) is 52.6 Å². The van der Waals surface area contributed by atoms with Crippen LogP contribution in [0.4, 0.5) is 0 Å². The zero-order valence-corrected chi connectivity index (χ0v) is 13.5. The van der Waals surface area contributed by atoms with Crippen molar-refractivity contribution >= 4 is 11.9 Å². The fourth-order valence-electron chi connectivity index (χ4n) is 2.52. The van der Waals surface area contributed by atoms with E-state index in [1.807, 2.05) is 31.2 Å². The molecule has 2 aromatic rings. The third-order valence-corrected chi connectivity index (χ3v) is 3.79. The first kappa shape index (κ1) is 16.7. The molecule has 0 saturated carbocycles. The maximum atomic E-state index is 12.3. The van der Waals surface area contributed by atoms with Crippen molar-refractivity contribution < 1.29 is 19.1 Å². The van der Waals surface area contributed by atoms with Crippen LogP contribution in [-0.4, -0.2) is 26.2 Å². The molecule has 0 aromatic heterocycles. The van der Waals surface area contributed by atoms with E-state index >= 15 is 0 Å². The average Bonchev–Trinajstić information content (AvgIpc) is 2.60. The molecule has 0 saturated heterocycles. The predicted molar refractivity (Wildman–Crippen MR) is 87.4 cm³/mol. The summed E-state index contributed by atoms with van der Waals surface area (Å²) in [5.41, 5.74) is 3.16. The summed E-state index contributed by atoms with van der Waals surface area (Å²) in [5.74, 6) is -1.39. The Kier molecular flexibility index (Phi) is 5.52. The number of carbonyl (C=O) groups excluding carboxylic acids is 2. The van der Waals surface area contributed by atoms with Crippen LogP contribution in [-0.2, 0) is 20.7 Å². The molecule has 0 spiro atoms. The van der Waals surface area contributed by atoms with E-state index in [9.17, 15) is 9.59 Å². The van der Waals surface area contributed by atoms with Crippen LogP contribution in [0.2, 0.25) is 0 Å². The molecule has 0 radical (unpaired) electrons. The second-order valence-electron chi connectivity index (χ2n) is 5.34. The monoisotopic (exact) mass is 312 g/mol. The Morgan fingerprint density at radius 1 is 0.957 bits per heavy atom. The number of methoxy groups -OCH3 is 2. The summed E-state index contributed by atoms with van der Waals surface area (Å²) in [6, 6.07) is 14.9. The summed E-state index contributed by atoms with van der Waals surface area (Å²) < 4.78 is 9.76. The van der Waals surface area contributed by atoms with Crippen LogP contribution in [0.25, 0.3) is 0 Å². The van der Waals surface area contributed by atoms with Gasteiger partial charge in [0.2, 0.25) is 0 Å². The highest BCUT2D eigenvalue weighted by molar-refractivity contribution is 5.93. The van der Waals surface area contributed by atoms with Gasteiger partial charge in [0, 0.05) is 0 Å². The van der Waals surface area contributed by atoms with Gasteiger partial charge in [-0.2, -0.15) is 0 Å². The predicted octanol–water partition coefficient (Wildman–Crippen LogP) is 3.28. The van der Waals surface area contributed by atoms with Crippen molar-refractivity contribution in [1.29, 1.82) is 0 Å². The Morgan fingerprint density at radius 3 is 2.22 bits per heavy atom. The van der Waals surface area contributed by atoms with Gasteiger partial charge < -0.3 is 9.47 Å². The highest BCUT2D eigenvalue weighted by atomic mass is 16.5. The maximum absolute atomic E-state index is 12.3. The van der Waals surface area contributed by atoms with Crippen LogP contribution in [0.15, 0.2) is 48.5 Å². The second-order valence-corrected chi connectivity index (χ2v) is 5.34. The molecule has 2 aromatic carbocycles. The number of rotatable bonds is 5. The molecule has 0 aliphatic heterocycles. The molecule has 23 heavy (non-hydrogen) atoms. The number of hydrogen-bond acceptors (Lipinski definition) is 4. The second kappa shape index (κ2) is 7.58. The minimum atomic E-state index is -0.557. The lowest BCUT2D eigenvalue weighted by molar-refractivity contribution is -0.142. The Morgan fingerprint density at radius 2 is 1.61 bits per heavy atom. The minimum absolute atomic E-state index is 0.373. The van der Waals surface area contributed by atoms with E-state index < -0.39 is 11.9 Å². The summed E-state index contributed by atoms with van der Waals surface area (Å²) in [7, 11) is 2.68. The Balaban J connectivity index is 2.41. The molecule has 1 unspecified atom stereocenters. The first-order valence-corrected chi connectivity index (χ1v) is 7.37. The molecular formula is C19H20O4. The van der Waals surface area contributed by atoms with Gasteiger partial charge in [0.15, 0.2) is 0 Å². The zero-order valence-electron chi connectivity index (χ0n) is 13.5. The SMILES string of the molecule is COC(=O)c1ccccc1C(Cc1ccc(C)cc1)C(=O)OC. The van der Waals surface area contributed by atoms with Crippen LogP contribution in [0.5, 0.6) is 0 Å². The van der Waals surface area contributed by atoms with Crippen molar-refractivity contribution in [2.45, 2.75) is 19.3 Å². The van der Waals surface area contributed by atoms with Crippen molar-refractivity contribution in [3.8, 4) is 0 Å². The third kappa shape index (κ3) is 3.97. The molecule has 4 nitrogen and oxygen atoms in total. The van der Waals surface area contributed by atoms with Crippen LogP contribution < -0.4 is 0 Å². The number of hydrogen-bond donors (Lipinski definition) is 0. The number of ether oxygens (including phenoxy) is 2. The Hall–Kier alpha value is -2.62. The van der Waals surface area contributed by atoms with Gasteiger partial charge in [0.1, 0.15) is 0 Å². The molecule has 1 atom stereocenters. The van der Waals surface area contributed by atoms with E-state index in [0.29, 0.717) is 17.5 Å². The van der Waals surface area contributed by atoms with E-state index in [0.717, 1.165) is 11.1 Å². The molecule has 2 rings (SSSR count). The summed E-state index contributed by atoms with van der Waals surface area (Å²) in [6.07, 6.45) is 0.459. The smallest absolute Gasteiger partial charge is 0.338 e. The standard InChI is InChI=1S/C19H20O4/c1-13-8-10-14(11-9-13)12-17(19(21)23-3)15-6-4-5-7-16(15)18(20)22-2/h4-11,17H,12H2,1-3H3. The average molecular weight is 312 g/mol. The summed E-state index contributed by atoms with van der Waals surface area (Å²) in [6.45, 7) is 2.01. The Bertz CT molecular complexity index is 689. The molecular weight excluding hydrogens is 292 g/mol. The molecule has 0 bridgehead atoms. The van der Waals surface area contributed by atoms with Crippen molar-refractivity contribution in [2.24, 2.45) is 0 Å². The van der Waals surface area contributed by atoms with Crippen LogP contribution in [0, 0.1) is 6.92 Å². The lowest BCUT2D eigenvalue weighted by atomic mass is 9.88. The number of esters is 2. The minimum Gasteiger partial charge on any atom is -0.469 e. The van der Waals surface area contributed by atoms with E-state index in [2.05, 4.69) is 0 Å². The zero-order chi connectivity index (χ0) is 16.8. The van der Waals surface area contributed by atoms with Gasteiger partial charge in [-0.05, 0) is 30.5 Å². The van der Waals surface area contributed by atoms with Crippen LogP contribution >= 0.6 is 0 Å². The van der Waals surface area contributed by atoms with Crippen molar-refractivity contribution in [3.05, 3.63) is 70.8 Å². The highest BCUT2D eigenvalue weighted by Crippen LogP contribution is 2.26. The van der Waals surface area contributed by atoms with Gasteiger partial charge >= 0.3 is 11.9 Å². The van der Waals surface area contributed by atoms with Gasteiger partial charge in [0.05, 0.1) is 25.7 Å². The van der Waals surface area contributed by atoms with E-state index in [-0.39, 0.29) is 5.97 Å². The van der Waals surface area contributed by atoms with Gasteiger partial charge in [0.25, 0.3) is 0 Å². The summed E-state index contributed by atoms with van der Waals surface area (Å²) in [5, 5.41) is 0. The molecule has 0 heterocycles. The molecule has 120 valence electrons. The van der Waals surface area contributed by atoms with Gasteiger partial charge in [-0.25, -0.2) is 4.79 Å². The van der Waals surface area contributed by atoms with Crippen LogP contribution in [0.3, 0.4) is 0 Å². The highest BCUT2D eigenvalue weighted by Gasteiger charge is 2.26. The number of aryl methyl sites for hydroxylation is 1. The first-order valence-electron chi connectivity index (χ1n) is 7.37. The quantitative estimate of drug-likeness (QED) is 0.795. The molecule has 0 amide bonds. The summed E-state index contributed by atoms with van der Waals surface area (Å²) in [4.78, 5) is 24.2. The first-order chi connectivity index (χ1) is 11.1. The number of carbonyl (C=O) groups is 2. The normalized spacial score (nSPS) is 11.6. The lowest BCUT2D eigenvalue weighted by Gasteiger charge is -2.18. The van der Waals surface area contributed by atoms with Crippen molar-refractivity contribution in [1.82, 2.24) is 0 Å². The maximum Gasteiger partial charge on any atom is 0.338 e. The molecule has 4 heteroatoms. The lowest BCUT2D eigenvalue weighted by Crippen LogP contribution is -2.20. The van der Waals surface area contributed by atoms with E-state index in [4.69, 9.17) is 9.47 Å². The molecule has 0 aliphatic carbocycles. The van der Waals surface area contributed by atoms with Crippen molar-refractivity contribution in [3.63, 3.8) is 0 Å². The van der Waals surface area contributed by atoms with Crippen LogP contribution in [0.1, 0.15) is 33.0 Å². The van der Waals surface area contributed by atoms with E-state index in [1.54, 1.807) is 24.3 Å². The fourth-order valence-corrected chi connectivity index (χ4v) is 2.52. The van der Waals surface area contributed by atoms with Crippen molar-refractivity contribution in [2.75, 3.05) is 14.2 Å². The summed E-state index contributed by atoms with van der Waals surface area (Å²) >= 11 is 0. The largest absolute Gasteiger partial charge is 0.469 e. The molecule has 0 fully saturated rings. The molecule has 0 N–H and O–H groups in total.